The molecule has 10 heteroatoms. The average Bonchev–Trinajstić information content (AvgIpc) is 2.91. The van der Waals surface area contributed by atoms with Crippen LogP contribution in [0.5, 0.6) is 0 Å². The van der Waals surface area contributed by atoms with Gasteiger partial charge >= 0.3 is 5.76 Å². The lowest BCUT2D eigenvalue weighted by atomic mass is 10.1. The molecule has 2 rings (SSSR count). The van der Waals surface area contributed by atoms with Crippen LogP contribution in [0.1, 0.15) is 30.6 Å². The first kappa shape index (κ1) is 20.8. The minimum Gasteiger partial charge on any atom is -0.334 e. The number of hydrogen-bond acceptors (Lipinski definition) is 5. The van der Waals surface area contributed by atoms with Crippen molar-refractivity contribution in [3.05, 3.63) is 29.8 Å². The Balaban J connectivity index is 2.28. The minimum atomic E-state index is -4.73. The highest BCUT2D eigenvalue weighted by molar-refractivity contribution is 7.92. The maximum Gasteiger partial charge on any atom is 0.341 e. The van der Waals surface area contributed by atoms with Gasteiger partial charge in [-0.05, 0) is 36.6 Å². The van der Waals surface area contributed by atoms with Gasteiger partial charge in [0, 0.05) is 18.2 Å². The van der Waals surface area contributed by atoms with Crippen LogP contribution in [0, 0.1) is 5.92 Å². The topological polar surface area (TPSA) is 88.6 Å². The summed E-state index contributed by atoms with van der Waals surface area (Å²) in [4.78, 5) is 13.7. The normalized spacial score (nSPS) is 19.8. The second kappa shape index (κ2) is 7.59. The Morgan fingerprint density at radius 2 is 1.81 bits per heavy atom. The predicted octanol–water partition coefficient (Wildman–Crippen LogP) is 1.97. The van der Waals surface area contributed by atoms with Crippen LogP contribution in [0.3, 0.4) is 0 Å². The summed E-state index contributed by atoms with van der Waals surface area (Å²) in [5, 5.41) is 0. The van der Waals surface area contributed by atoms with Crippen LogP contribution in [-0.2, 0) is 19.7 Å². The van der Waals surface area contributed by atoms with E-state index in [9.17, 15) is 30.4 Å². The van der Waals surface area contributed by atoms with Gasteiger partial charge in [-0.1, -0.05) is 13.8 Å². The molecule has 1 atom stereocenters. The lowest BCUT2D eigenvalue weighted by Crippen LogP contribution is -2.43. The van der Waals surface area contributed by atoms with E-state index in [1.54, 1.807) is 0 Å². The van der Waals surface area contributed by atoms with Crippen molar-refractivity contribution >= 4 is 25.6 Å². The van der Waals surface area contributed by atoms with Crippen LogP contribution in [-0.4, -0.2) is 57.5 Å². The standard InChI is InChI=1S/C16H21F2NO5S2/c1-11(2)9-19(13-7-8-25(21,22)10-13)15(20)12-3-5-14(6-4-12)26(23,24)16(17)18/h3-6,11,13,16H,7-10H2,1-2H3/t13-/m1/s1. The third-order valence-electron chi connectivity index (χ3n) is 4.14. The van der Waals surface area contributed by atoms with Crippen molar-refractivity contribution < 1.29 is 30.4 Å². The number of nitrogens with zero attached hydrogens (tertiary/aromatic N) is 1. The van der Waals surface area contributed by atoms with Crippen molar-refractivity contribution in [2.75, 3.05) is 18.1 Å². The van der Waals surface area contributed by atoms with Gasteiger partial charge in [-0.3, -0.25) is 4.79 Å². The molecule has 1 aromatic carbocycles. The van der Waals surface area contributed by atoms with Crippen molar-refractivity contribution in [1.82, 2.24) is 4.90 Å². The smallest absolute Gasteiger partial charge is 0.334 e. The summed E-state index contributed by atoms with van der Waals surface area (Å²) in [7, 11) is -7.91. The third-order valence-corrected chi connectivity index (χ3v) is 7.28. The van der Waals surface area contributed by atoms with E-state index in [0.29, 0.717) is 13.0 Å². The van der Waals surface area contributed by atoms with E-state index < -0.39 is 42.3 Å². The minimum absolute atomic E-state index is 0.0190. The van der Waals surface area contributed by atoms with Gasteiger partial charge in [-0.2, -0.15) is 8.78 Å². The lowest BCUT2D eigenvalue weighted by Gasteiger charge is -2.30. The van der Waals surface area contributed by atoms with Crippen LogP contribution < -0.4 is 0 Å². The molecule has 0 aliphatic carbocycles. The summed E-state index contributed by atoms with van der Waals surface area (Å²) in [6.07, 6.45) is 0.346. The van der Waals surface area contributed by atoms with E-state index in [4.69, 9.17) is 0 Å². The first-order valence-electron chi connectivity index (χ1n) is 8.07. The molecule has 1 aliphatic heterocycles. The van der Waals surface area contributed by atoms with Crippen LogP contribution in [0.15, 0.2) is 29.2 Å². The third kappa shape index (κ3) is 4.59. The zero-order valence-corrected chi connectivity index (χ0v) is 16.1. The van der Waals surface area contributed by atoms with Crippen LogP contribution in [0.25, 0.3) is 0 Å². The molecule has 1 amide bonds. The number of amides is 1. The van der Waals surface area contributed by atoms with Crippen molar-refractivity contribution in [3.63, 3.8) is 0 Å². The SMILES string of the molecule is CC(C)CN(C(=O)c1ccc(S(=O)(=O)C(F)F)cc1)[C@@H]1CCS(=O)(=O)C1. The summed E-state index contributed by atoms with van der Waals surface area (Å²) in [5.74, 6) is -3.97. The maximum absolute atomic E-state index is 12.8. The number of carbonyl (C=O) groups excluding carboxylic acids is 1. The Labute approximate surface area is 152 Å². The van der Waals surface area contributed by atoms with Gasteiger partial charge in [0.25, 0.3) is 5.91 Å². The average molecular weight is 409 g/mol. The van der Waals surface area contributed by atoms with Gasteiger partial charge in [0.1, 0.15) is 0 Å². The van der Waals surface area contributed by atoms with Gasteiger partial charge in [0.05, 0.1) is 16.4 Å². The number of alkyl halides is 2. The first-order chi connectivity index (χ1) is 11.9. The van der Waals surface area contributed by atoms with E-state index in [1.165, 1.54) is 17.0 Å². The van der Waals surface area contributed by atoms with Crippen LogP contribution in [0.2, 0.25) is 0 Å². The molecular weight excluding hydrogens is 388 g/mol. The van der Waals surface area contributed by atoms with E-state index in [1.807, 2.05) is 13.8 Å². The zero-order valence-electron chi connectivity index (χ0n) is 14.4. The van der Waals surface area contributed by atoms with Gasteiger partial charge in [-0.25, -0.2) is 16.8 Å². The largest absolute Gasteiger partial charge is 0.341 e. The summed E-state index contributed by atoms with van der Waals surface area (Å²) in [5.41, 5.74) is 0.128. The summed E-state index contributed by atoms with van der Waals surface area (Å²) >= 11 is 0. The highest BCUT2D eigenvalue weighted by atomic mass is 32.2. The second-order valence-corrected chi connectivity index (χ2v) is 10.9. The molecule has 26 heavy (non-hydrogen) atoms. The quantitative estimate of drug-likeness (QED) is 0.717. The fourth-order valence-electron chi connectivity index (χ4n) is 2.87. The Bertz CT molecular complexity index is 864. The molecule has 0 N–H and O–H groups in total. The Kier molecular flexibility index (Phi) is 6.06. The Hall–Kier alpha value is -1.55. The molecule has 1 fully saturated rings. The van der Waals surface area contributed by atoms with Crippen LogP contribution in [0.4, 0.5) is 8.78 Å². The number of halogens is 2. The Morgan fingerprint density at radius 1 is 1.23 bits per heavy atom. The number of hydrogen-bond donors (Lipinski definition) is 0. The molecule has 1 aromatic rings. The highest BCUT2D eigenvalue weighted by Crippen LogP contribution is 2.23. The highest BCUT2D eigenvalue weighted by Gasteiger charge is 2.35. The first-order valence-corrected chi connectivity index (χ1v) is 11.4. The van der Waals surface area contributed by atoms with Crippen molar-refractivity contribution in [1.29, 1.82) is 0 Å². The number of rotatable bonds is 6. The van der Waals surface area contributed by atoms with Crippen molar-refractivity contribution in [3.8, 4) is 0 Å². The number of sulfone groups is 2. The summed E-state index contributed by atoms with van der Waals surface area (Å²) in [6.45, 7) is 4.13. The fourth-order valence-corrected chi connectivity index (χ4v) is 5.32. The molecule has 1 aliphatic rings. The van der Waals surface area contributed by atoms with Gasteiger partial charge < -0.3 is 4.90 Å². The molecular formula is C16H21F2NO5S2. The molecule has 1 heterocycles. The van der Waals surface area contributed by atoms with E-state index >= 15 is 0 Å². The van der Waals surface area contributed by atoms with Crippen molar-refractivity contribution in [2.24, 2.45) is 5.92 Å². The fraction of sp³-hybridized carbons (Fsp3) is 0.562. The maximum atomic E-state index is 12.8. The number of benzene rings is 1. The number of carbonyl (C=O) groups is 1. The molecule has 6 nitrogen and oxygen atoms in total. The molecule has 0 bridgehead atoms. The predicted molar refractivity (Wildman–Crippen MR) is 92.6 cm³/mol. The molecule has 0 saturated carbocycles. The monoisotopic (exact) mass is 409 g/mol. The van der Waals surface area contributed by atoms with E-state index in [2.05, 4.69) is 0 Å². The second-order valence-electron chi connectivity index (χ2n) is 6.74. The zero-order chi connectivity index (χ0) is 19.7. The molecule has 1 saturated heterocycles. The molecule has 0 unspecified atom stereocenters. The molecule has 0 spiro atoms. The van der Waals surface area contributed by atoms with Gasteiger partial charge in [0.15, 0.2) is 9.84 Å². The van der Waals surface area contributed by atoms with Gasteiger partial charge in [-0.15, -0.1) is 0 Å². The van der Waals surface area contributed by atoms with Crippen molar-refractivity contribution in [2.45, 2.75) is 37.0 Å². The molecule has 146 valence electrons. The molecule has 0 aromatic heterocycles. The van der Waals surface area contributed by atoms with Crippen LogP contribution >= 0.6 is 0 Å². The summed E-state index contributed by atoms with van der Waals surface area (Å²) < 4.78 is 71.6. The van der Waals surface area contributed by atoms with Gasteiger partial charge in [0.2, 0.25) is 9.84 Å². The summed E-state index contributed by atoms with van der Waals surface area (Å²) in [6, 6.07) is 3.84. The van der Waals surface area contributed by atoms with E-state index in [-0.39, 0.29) is 23.0 Å². The van der Waals surface area contributed by atoms with E-state index in [0.717, 1.165) is 12.1 Å². The Morgan fingerprint density at radius 3 is 2.23 bits per heavy atom. The lowest BCUT2D eigenvalue weighted by molar-refractivity contribution is 0.0672. The molecule has 0 radical (unpaired) electrons.